The van der Waals surface area contributed by atoms with Crippen LogP contribution < -0.4 is 5.32 Å². The monoisotopic (exact) mass is 475 g/mol. The number of hydrogen-bond donors (Lipinski definition) is 7. The van der Waals surface area contributed by atoms with Gasteiger partial charge in [0.2, 0.25) is 5.91 Å². The molecule has 12 heteroatoms. The van der Waals surface area contributed by atoms with Gasteiger partial charge in [0.1, 0.15) is 54.2 Å². The van der Waals surface area contributed by atoms with Gasteiger partial charge in [-0.15, -0.1) is 0 Å². The molecular weight excluding hydrogens is 446 g/mol. The van der Waals surface area contributed by atoms with Gasteiger partial charge in [0, 0.05) is 11.8 Å². The Kier molecular flexibility index (Phi) is 8.86. The first-order valence-corrected chi connectivity index (χ1v) is 11.0. The second-order valence-electron chi connectivity index (χ2n) is 7.67. The van der Waals surface area contributed by atoms with E-state index >= 15 is 0 Å². The highest BCUT2D eigenvalue weighted by atomic mass is 32.2. The van der Waals surface area contributed by atoms with Crippen molar-refractivity contribution in [2.75, 3.05) is 13.2 Å². The molecule has 180 valence electrons. The highest BCUT2D eigenvalue weighted by Gasteiger charge is 2.51. The molecule has 3 rings (SSSR count). The van der Waals surface area contributed by atoms with Crippen LogP contribution in [0.15, 0.2) is 35.2 Å². The summed E-state index contributed by atoms with van der Waals surface area (Å²) in [6.07, 6.45) is -10.9. The zero-order chi connectivity index (χ0) is 23.4. The molecule has 11 nitrogen and oxygen atoms in total. The number of ether oxygens (including phenoxy) is 3. The molecule has 2 saturated heterocycles. The standard InChI is InChI=1S/C20H29NO10S/c1-9(24)21-13-16(27)14(25)11(7-22)29-19(13)31-18-17(28)15(26)12(8-23)30-20(18)32-10-5-3-2-4-6-10/h2-6,11-20,22-23,25-28H,7-8H2,1H3,(H,21,24)/t11-,12-,13-,14-,15-,16-,17+,18+,19+,20-/m1/s1. The first kappa shape index (κ1) is 25.3. The van der Waals surface area contributed by atoms with Gasteiger partial charge >= 0.3 is 0 Å². The van der Waals surface area contributed by atoms with Crippen molar-refractivity contribution in [1.82, 2.24) is 5.32 Å². The number of benzene rings is 1. The van der Waals surface area contributed by atoms with Crippen molar-refractivity contribution in [2.45, 2.75) is 72.3 Å². The van der Waals surface area contributed by atoms with Crippen LogP contribution in [0.4, 0.5) is 0 Å². The maximum atomic E-state index is 11.6. The van der Waals surface area contributed by atoms with E-state index in [4.69, 9.17) is 14.2 Å². The van der Waals surface area contributed by atoms with Crippen molar-refractivity contribution in [3.8, 4) is 0 Å². The molecule has 1 aromatic carbocycles. The van der Waals surface area contributed by atoms with E-state index in [1.807, 2.05) is 6.07 Å². The molecule has 7 N–H and O–H groups in total. The summed E-state index contributed by atoms with van der Waals surface area (Å²) >= 11 is 1.18. The molecule has 0 bridgehead atoms. The molecule has 0 aromatic heterocycles. The predicted octanol–water partition coefficient (Wildman–Crippen LogP) is -2.45. The Morgan fingerprint density at radius 2 is 1.56 bits per heavy atom. The molecule has 2 aliphatic heterocycles. The van der Waals surface area contributed by atoms with Crippen LogP contribution in [0, 0.1) is 0 Å². The Morgan fingerprint density at radius 3 is 2.16 bits per heavy atom. The van der Waals surface area contributed by atoms with E-state index in [0.717, 1.165) is 4.90 Å². The second-order valence-corrected chi connectivity index (χ2v) is 8.84. The molecule has 0 aliphatic carbocycles. The van der Waals surface area contributed by atoms with E-state index in [1.54, 1.807) is 24.3 Å². The maximum absolute atomic E-state index is 11.6. The predicted molar refractivity (Wildman–Crippen MR) is 110 cm³/mol. The molecule has 0 unspecified atom stereocenters. The minimum absolute atomic E-state index is 0.531. The van der Waals surface area contributed by atoms with Crippen LogP contribution in [0.3, 0.4) is 0 Å². The van der Waals surface area contributed by atoms with E-state index in [1.165, 1.54) is 18.7 Å². The van der Waals surface area contributed by atoms with Crippen LogP contribution in [0.25, 0.3) is 0 Å². The van der Waals surface area contributed by atoms with Crippen LogP contribution in [0.2, 0.25) is 0 Å². The molecule has 2 fully saturated rings. The van der Waals surface area contributed by atoms with Crippen molar-refractivity contribution in [2.24, 2.45) is 0 Å². The fraction of sp³-hybridized carbons (Fsp3) is 0.650. The van der Waals surface area contributed by atoms with Crippen molar-refractivity contribution in [3.05, 3.63) is 30.3 Å². The third kappa shape index (κ3) is 5.59. The molecular formula is C20H29NO10S. The van der Waals surface area contributed by atoms with Gasteiger partial charge in [-0.1, -0.05) is 30.0 Å². The zero-order valence-electron chi connectivity index (χ0n) is 17.3. The first-order chi connectivity index (χ1) is 15.3. The van der Waals surface area contributed by atoms with Gasteiger partial charge in [-0.05, 0) is 12.1 Å². The number of amides is 1. The molecule has 1 amide bonds. The first-order valence-electron chi connectivity index (χ1n) is 10.2. The van der Waals surface area contributed by atoms with Crippen molar-refractivity contribution in [1.29, 1.82) is 0 Å². The van der Waals surface area contributed by atoms with Gasteiger partial charge in [0.15, 0.2) is 6.29 Å². The van der Waals surface area contributed by atoms with Gasteiger partial charge in [-0.25, -0.2) is 0 Å². The minimum atomic E-state index is -1.54. The molecule has 1 aromatic rings. The summed E-state index contributed by atoms with van der Waals surface area (Å²) in [5.41, 5.74) is -0.911. The van der Waals surface area contributed by atoms with E-state index in [0.29, 0.717) is 0 Å². The SMILES string of the molecule is CC(=O)N[C@H]1[C@H](O[C@H]2[C@@H](O)[C@H](O)[C@@H](CO)O[C@@H]2Sc2ccccc2)O[C@H](CO)[C@@H](O)[C@@H]1O. The highest BCUT2D eigenvalue weighted by molar-refractivity contribution is 7.99. The average molecular weight is 476 g/mol. The Balaban J connectivity index is 1.86. The fourth-order valence-corrected chi connectivity index (χ4v) is 4.81. The lowest BCUT2D eigenvalue weighted by Crippen LogP contribution is -2.67. The molecule has 0 radical (unpaired) electrons. The van der Waals surface area contributed by atoms with Crippen LogP contribution >= 0.6 is 11.8 Å². The third-order valence-electron chi connectivity index (χ3n) is 5.36. The number of aliphatic hydroxyl groups is 6. The number of carbonyl (C=O) groups is 1. The Bertz CT molecular complexity index is 742. The van der Waals surface area contributed by atoms with Crippen LogP contribution in [-0.2, 0) is 19.0 Å². The molecule has 2 aliphatic rings. The quantitative estimate of drug-likeness (QED) is 0.223. The largest absolute Gasteiger partial charge is 0.394 e. The summed E-state index contributed by atoms with van der Waals surface area (Å²) in [6, 6.07) is 7.80. The van der Waals surface area contributed by atoms with Crippen LogP contribution in [-0.4, -0.2) is 110 Å². The van der Waals surface area contributed by atoms with Crippen LogP contribution in [0.1, 0.15) is 6.92 Å². The smallest absolute Gasteiger partial charge is 0.217 e. The number of rotatable bonds is 7. The molecule has 2 heterocycles. The Morgan fingerprint density at radius 1 is 0.969 bits per heavy atom. The normalized spacial score (nSPS) is 40.1. The van der Waals surface area contributed by atoms with Crippen molar-refractivity contribution >= 4 is 17.7 Å². The fourth-order valence-electron chi connectivity index (χ4n) is 3.67. The summed E-state index contributed by atoms with van der Waals surface area (Å²) in [7, 11) is 0. The summed E-state index contributed by atoms with van der Waals surface area (Å²) in [5, 5.41) is 63.2. The third-order valence-corrected chi connectivity index (χ3v) is 6.52. The lowest BCUT2D eigenvalue weighted by Gasteiger charge is -2.47. The lowest BCUT2D eigenvalue weighted by molar-refractivity contribution is -0.313. The lowest BCUT2D eigenvalue weighted by atomic mass is 9.96. The van der Waals surface area contributed by atoms with E-state index in [9.17, 15) is 35.4 Å². The van der Waals surface area contributed by atoms with Gasteiger partial charge in [-0.2, -0.15) is 0 Å². The Hall–Kier alpha value is -1.32. The molecule has 10 atom stereocenters. The topological polar surface area (TPSA) is 178 Å². The molecule has 32 heavy (non-hydrogen) atoms. The van der Waals surface area contributed by atoms with Gasteiger partial charge in [-0.3, -0.25) is 4.79 Å². The van der Waals surface area contributed by atoms with Gasteiger partial charge < -0.3 is 50.2 Å². The maximum Gasteiger partial charge on any atom is 0.217 e. The van der Waals surface area contributed by atoms with Crippen LogP contribution in [0.5, 0.6) is 0 Å². The summed E-state index contributed by atoms with van der Waals surface area (Å²) in [5.74, 6) is -0.531. The summed E-state index contributed by atoms with van der Waals surface area (Å²) < 4.78 is 17.2. The zero-order valence-corrected chi connectivity index (χ0v) is 18.1. The molecule has 0 saturated carbocycles. The van der Waals surface area contributed by atoms with E-state index in [-0.39, 0.29) is 0 Å². The number of aliphatic hydroxyl groups excluding tert-OH is 6. The van der Waals surface area contributed by atoms with Gasteiger partial charge in [0.25, 0.3) is 0 Å². The Labute approximate surface area is 188 Å². The number of carbonyl (C=O) groups excluding carboxylic acids is 1. The van der Waals surface area contributed by atoms with E-state index < -0.39 is 79.6 Å². The van der Waals surface area contributed by atoms with Crippen molar-refractivity contribution in [3.63, 3.8) is 0 Å². The highest BCUT2D eigenvalue weighted by Crippen LogP contribution is 2.36. The van der Waals surface area contributed by atoms with Gasteiger partial charge in [0.05, 0.1) is 13.2 Å². The second kappa shape index (κ2) is 11.2. The summed E-state index contributed by atoms with van der Waals surface area (Å²) in [4.78, 5) is 12.4. The number of thioether (sulfide) groups is 1. The average Bonchev–Trinajstić information content (AvgIpc) is 2.78. The number of hydrogen-bond acceptors (Lipinski definition) is 11. The molecule has 0 spiro atoms. The summed E-state index contributed by atoms with van der Waals surface area (Å²) in [6.45, 7) is 0.0330. The minimum Gasteiger partial charge on any atom is -0.394 e. The van der Waals surface area contributed by atoms with Crippen molar-refractivity contribution < 1.29 is 49.6 Å². The number of nitrogens with one attached hydrogen (secondary N) is 1. The van der Waals surface area contributed by atoms with E-state index in [2.05, 4.69) is 5.32 Å².